The largest absolute Gasteiger partial charge is 0.477 e. The smallest absolute Gasteiger partial charge is 0.407 e. The molecule has 0 radical (unpaired) electrons. The van der Waals surface area contributed by atoms with Crippen molar-refractivity contribution in [2.75, 3.05) is 18.0 Å². The van der Waals surface area contributed by atoms with Crippen LogP contribution in [0.2, 0.25) is 0 Å². The van der Waals surface area contributed by atoms with Crippen molar-refractivity contribution in [1.29, 1.82) is 0 Å². The summed E-state index contributed by atoms with van der Waals surface area (Å²) in [6, 6.07) is 0.532. The molecular weight excluding hydrogens is 448 g/mol. The molecule has 10 heteroatoms. The van der Waals surface area contributed by atoms with E-state index in [0.29, 0.717) is 19.5 Å². The Kier molecular flexibility index (Phi) is 6.03. The zero-order valence-corrected chi connectivity index (χ0v) is 19.7. The number of rotatable bonds is 5. The summed E-state index contributed by atoms with van der Waals surface area (Å²) >= 11 is 0. The van der Waals surface area contributed by atoms with Crippen LogP contribution < -0.4 is 15.6 Å². The molecule has 2 unspecified atom stereocenters. The number of hydrogen-bond acceptors (Lipinski definition) is 5. The molecular formula is C24H29F2N3O5. The summed E-state index contributed by atoms with van der Waals surface area (Å²) in [5.74, 6) is -3.29. The van der Waals surface area contributed by atoms with E-state index in [1.165, 1.54) is 4.57 Å². The molecule has 1 saturated carbocycles. The van der Waals surface area contributed by atoms with Crippen LogP contribution in [0, 0.1) is 17.6 Å². The summed E-state index contributed by atoms with van der Waals surface area (Å²) in [5.41, 5.74) is -2.36. The summed E-state index contributed by atoms with van der Waals surface area (Å²) < 4.78 is 37.7. The molecule has 2 fully saturated rings. The fourth-order valence-electron chi connectivity index (χ4n) is 4.52. The number of halogens is 2. The van der Waals surface area contributed by atoms with Gasteiger partial charge in [-0.3, -0.25) is 4.79 Å². The fraction of sp³-hybridized carbons (Fsp3) is 0.542. The Labute approximate surface area is 195 Å². The van der Waals surface area contributed by atoms with E-state index in [0.717, 1.165) is 25.1 Å². The van der Waals surface area contributed by atoms with Crippen LogP contribution in [-0.2, 0) is 4.74 Å². The molecule has 4 rings (SSSR count). The molecule has 2 N–H and O–H groups in total. The van der Waals surface area contributed by atoms with Crippen molar-refractivity contribution in [3.05, 3.63) is 39.7 Å². The van der Waals surface area contributed by atoms with Crippen LogP contribution >= 0.6 is 0 Å². The third-order valence-electron chi connectivity index (χ3n) is 6.35. The lowest BCUT2D eigenvalue weighted by Crippen LogP contribution is -2.42. The Morgan fingerprint density at radius 3 is 2.50 bits per heavy atom. The van der Waals surface area contributed by atoms with E-state index in [9.17, 15) is 19.5 Å². The molecule has 2 atom stereocenters. The quantitative estimate of drug-likeness (QED) is 0.674. The third-order valence-corrected chi connectivity index (χ3v) is 6.35. The number of nitrogens with zero attached hydrogens (tertiary/aromatic N) is 2. The number of hydrogen-bond donors (Lipinski definition) is 2. The number of ether oxygens (including phenoxy) is 1. The molecule has 8 nitrogen and oxygen atoms in total. The van der Waals surface area contributed by atoms with Crippen molar-refractivity contribution < 1.29 is 28.2 Å². The van der Waals surface area contributed by atoms with Crippen LogP contribution in [-0.4, -0.2) is 46.5 Å². The lowest BCUT2D eigenvalue weighted by molar-refractivity contribution is 0.0494. The van der Waals surface area contributed by atoms with Crippen LogP contribution in [0.3, 0.4) is 0 Å². The Morgan fingerprint density at radius 2 is 1.91 bits per heavy atom. The zero-order chi connectivity index (χ0) is 24.9. The van der Waals surface area contributed by atoms with Gasteiger partial charge in [0, 0.05) is 31.4 Å². The second-order valence-electron chi connectivity index (χ2n) is 10.2. The first-order valence-electron chi connectivity index (χ1n) is 11.4. The standard InChI is InChI=1S/C24H29F2N3O5/c1-12(27-23(33)34-24(2,3)4)13-7-8-28(10-13)20-17(25)9-15-19(18(20)26)29(14-5-6-14)11-16(21(15)30)22(31)32/h9,11-14H,5-8,10H2,1-4H3,(H,27,33)(H,31,32). The molecule has 1 saturated heterocycles. The predicted octanol–water partition coefficient (Wildman–Crippen LogP) is 4.05. The first-order chi connectivity index (χ1) is 15.9. The summed E-state index contributed by atoms with van der Waals surface area (Å²) in [6.07, 6.45) is 2.66. The minimum absolute atomic E-state index is 0.0676. The van der Waals surface area contributed by atoms with Crippen LogP contribution in [0.1, 0.15) is 63.4 Å². The molecule has 1 aromatic heterocycles. The second kappa shape index (κ2) is 8.56. The van der Waals surface area contributed by atoms with E-state index >= 15 is 8.78 Å². The molecule has 1 aliphatic heterocycles. The molecule has 2 aromatic rings. The van der Waals surface area contributed by atoms with Gasteiger partial charge in [0.1, 0.15) is 22.7 Å². The van der Waals surface area contributed by atoms with Gasteiger partial charge in [0.05, 0.1) is 10.9 Å². The predicted molar refractivity (Wildman–Crippen MR) is 123 cm³/mol. The van der Waals surface area contributed by atoms with E-state index in [1.54, 1.807) is 25.7 Å². The van der Waals surface area contributed by atoms with Gasteiger partial charge in [-0.25, -0.2) is 18.4 Å². The number of anilines is 1. The first-order valence-corrected chi connectivity index (χ1v) is 11.4. The summed E-state index contributed by atoms with van der Waals surface area (Å²) in [4.78, 5) is 37.8. The maximum atomic E-state index is 15.8. The Hall–Kier alpha value is -3.17. The minimum atomic E-state index is -1.43. The maximum absolute atomic E-state index is 15.8. The maximum Gasteiger partial charge on any atom is 0.407 e. The van der Waals surface area contributed by atoms with Gasteiger partial charge in [0.25, 0.3) is 0 Å². The van der Waals surface area contributed by atoms with Gasteiger partial charge >= 0.3 is 12.1 Å². The first kappa shape index (κ1) is 24.0. The summed E-state index contributed by atoms with van der Waals surface area (Å²) in [6.45, 7) is 7.78. The number of aromatic carboxylic acids is 1. The van der Waals surface area contributed by atoms with Crippen LogP contribution in [0.25, 0.3) is 10.9 Å². The molecule has 0 bridgehead atoms. The lowest BCUT2D eigenvalue weighted by atomic mass is 10.0. The normalized spacial score (nSPS) is 19.4. The van der Waals surface area contributed by atoms with Gasteiger partial charge in [0.15, 0.2) is 5.82 Å². The van der Waals surface area contributed by atoms with Gasteiger partial charge in [-0.2, -0.15) is 0 Å². The average molecular weight is 478 g/mol. The Bertz CT molecular complexity index is 1220. The molecule has 2 heterocycles. The van der Waals surface area contributed by atoms with Crippen molar-refractivity contribution in [3.63, 3.8) is 0 Å². The molecule has 184 valence electrons. The highest BCUT2D eigenvalue weighted by molar-refractivity contribution is 5.94. The molecule has 1 aliphatic carbocycles. The number of carbonyl (C=O) groups is 2. The highest BCUT2D eigenvalue weighted by atomic mass is 19.1. The number of pyridine rings is 1. The van der Waals surface area contributed by atoms with Crippen LogP contribution in [0.15, 0.2) is 17.1 Å². The Balaban J connectivity index is 1.65. The summed E-state index contributed by atoms with van der Waals surface area (Å²) in [7, 11) is 0. The van der Waals surface area contributed by atoms with E-state index in [1.807, 2.05) is 6.92 Å². The number of nitrogens with one attached hydrogen (secondary N) is 1. The number of benzene rings is 1. The van der Waals surface area contributed by atoms with Crippen molar-refractivity contribution >= 4 is 28.7 Å². The number of carboxylic acids is 1. The number of alkyl carbamates (subject to hydrolysis) is 1. The second-order valence-corrected chi connectivity index (χ2v) is 10.2. The van der Waals surface area contributed by atoms with Gasteiger partial charge in [-0.05, 0) is 58.9 Å². The number of carboxylic acid groups (broad SMARTS) is 1. The number of fused-ring (bicyclic) bond motifs is 1. The summed E-state index contributed by atoms with van der Waals surface area (Å²) in [5, 5.41) is 11.9. The van der Waals surface area contributed by atoms with Crippen molar-refractivity contribution in [1.82, 2.24) is 9.88 Å². The zero-order valence-electron chi connectivity index (χ0n) is 19.7. The average Bonchev–Trinajstić information content (AvgIpc) is 3.44. The van der Waals surface area contributed by atoms with Crippen LogP contribution in [0.5, 0.6) is 0 Å². The molecule has 2 aliphatic rings. The SMILES string of the molecule is CC(NC(=O)OC(C)(C)C)C1CCN(c2c(F)cc3c(=O)c(C(=O)O)cn(C4CC4)c3c2F)C1. The monoisotopic (exact) mass is 477 g/mol. The van der Waals surface area contributed by atoms with Gasteiger partial charge in [-0.15, -0.1) is 0 Å². The molecule has 34 heavy (non-hydrogen) atoms. The van der Waals surface area contributed by atoms with Crippen molar-refractivity contribution in [2.45, 2.75) is 64.6 Å². The highest BCUT2D eigenvalue weighted by Crippen LogP contribution is 2.40. The lowest BCUT2D eigenvalue weighted by Gasteiger charge is -2.26. The highest BCUT2D eigenvalue weighted by Gasteiger charge is 2.35. The molecule has 1 aromatic carbocycles. The third kappa shape index (κ3) is 4.58. The van der Waals surface area contributed by atoms with E-state index in [2.05, 4.69) is 5.32 Å². The fourth-order valence-corrected chi connectivity index (χ4v) is 4.52. The van der Waals surface area contributed by atoms with E-state index in [-0.39, 0.29) is 34.6 Å². The minimum Gasteiger partial charge on any atom is -0.477 e. The molecule has 0 spiro atoms. The van der Waals surface area contributed by atoms with Crippen molar-refractivity contribution in [3.8, 4) is 0 Å². The number of carbonyl (C=O) groups excluding carboxylic acids is 1. The van der Waals surface area contributed by atoms with Gasteiger partial charge in [0.2, 0.25) is 5.43 Å². The number of amides is 1. The topological polar surface area (TPSA) is 101 Å². The van der Waals surface area contributed by atoms with E-state index in [4.69, 9.17) is 4.74 Å². The van der Waals surface area contributed by atoms with Crippen molar-refractivity contribution in [2.24, 2.45) is 5.92 Å². The molecule has 1 amide bonds. The van der Waals surface area contributed by atoms with Crippen LogP contribution in [0.4, 0.5) is 19.3 Å². The van der Waals surface area contributed by atoms with Gasteiger partial charge < -0.3 is 24.6 Å². The van der Waals surface area contributed by atoms with E-state index < -0.39 is 40.3 Å². The van der Waals surface area contributed by atoms with Gasteiger partial charge in [-0.1, -0.05) is 0 Å². The number of aromatic nitrogens is 1. The Morgan fingerprint density at radius 1 is 1.24 bits per heavy atom.